The topological polar surface area (TPSA) is 81.9 Å². The Morgan fingerprint density at radius 2 is 1.89 bits per heavy atom. The average molecular weight is 383 g/mol. The van der Waals surface area contributed by atoms with Gasteiger partial charge in [0.25, 0.3) is 0 Å². The van der Waals surface area contributed by atoms with Crippen LogP contribution >= 0.6 is 11.8 Å². The van der Waals surface area contributed by atoms with Gasteiger partial charge in [0.15, 0.2) is 0 Å². The van der Waals surface area contributed by atoms with Gasteiger partial charge in [-0.3, -0.25) is 4.79 Å². The maximum atomic E-state index is 12.6. The third kappa shape index (κ3) is 4.28. The third-order valence-electron chi connectivity index (χ3n) is 4.08. The molecule has 0 aliphatic rings. The molecule has 27 heavy (non-hydrogen) atoms. The van der Waals surface area contributed by atoms with Crippen LogP contribution in [0, 0.1) is 13.8 Å². The van der Waals surface area contributed by atoms with Gasteiger partial charge in [-0.15, -0.1) is 5.10 Å². The molecule has 1 atom stereocenters. The summed E-state index contributed by atoms with van der Waals surface area (Å²) in [7, 11) is 1.59. The van der Waals surface area contributed by atoms with Crippen LogP contribution in [0.3, 0.4) is 0 Å². The molecule has 0 spiro atoms. The van der Waals surface area contributed by atoms with Gasteiger partial charge in [0.05, 0.1) is 18.0 Å². The lowest BCUT2D eigenvalue weighted by Crippen LogP contribution is -2.23. The van der Waals surface area contributed by atoms with Gasteiger partial charge in [-0.05, 0) is 54.5 Å². The van der Waals surface area contributed by atoms with E-state index < -0.39 is 0 Å². The molecule has 7 nitrogen and oxygen atoms in total. The van der Waals surface area contributed by atoms with Crippen molar-refractivity contribution >= 4 is 23.4 Å². The maximum Gasteiger partial charge on any atom is 0.237 e. The molecule has 1 heterocycles. The first-order chi connectivity index (χ1) is 13.0. The minimum absolute atomic E-state index is 0.135. The lowest BCUT2D eigenvalue weighted by Gasteiger charge is -2.14. The highest BCUT2D eigenvalue weighted by Gasteiger charge is 2.20. The van der Waals surface area contributed by atoms with E-state index in [4.69, 9.17) is 4.74 Å². The number of hydrogen-bond donors (Lipinski definition) is 1. The number of ether oxygens (including phenoxy) is 1. The first-order valence-electron chi connectivity index (χ1n) is 8.46. The highest BCUT2D eigenvalue weighted by atomic mass is 32.2. The van der Waals surface area contributed by atoms with E-state index >= 15 is 0 Å². The Bertz CT molecular complexity index is 937. The van der Waals surface area contributed by atoms with E-state index in [1.807, 2.05) is 57.2 Å². The second-order valence-corrected chi connectivity index (χ2v) is 7.40. The van der Waals surface area contributed by atoms with Crippen molar-refractivity contribution in [3.63, 3.8) is 0 Å². The minimum Gasteiger partial charge on any atom is -0.497 e. The van der Waals surface area contributed by atoms with Crippen molar-refractivity contribution in [2.24, 2.45) is 0 Å². The van der Waals surface area contributed by atoms with Gasteiger partial charge >= 0.3 is 0 Å². The number of para-hydroxylation sites is 1. The standard InChI is InChI=1S/C19H21N5O2S/c1-12-7-5-8-13(2)17(12)24-19(21-22-23-24)27-14(3)18(25)20-15-9-6-10-16(11-15)26-4/h5-11,14H,1-4H3,(H,20,25)/t14-/m1/s1. The SMILES string of the molecule is COc1cccc(NC(=O)[C@@H](C)Sc2nnnn2-c2c(C)cccc2C)c1. The van der Waals surface area contributed by atoms with Crippen molar-refractivity contribution in [3.8, 4) is 11.4 Å². The van der Waals surface area contributed by atoms with Crippen LogP contribution in [0.15, 0.2) is 47.6 Å². The Morgan fingerprint density at radius 3 is 2.59 bits per heavy atom. The average Bonchev–Trinajstić information content (AvgIpc) is 3.09. The third-order valence-corrected chi connectivity index (χ3v) is 5.11. The van der Waals surface area contributed by atoms with E-state index in [0.717, 1.165) is 16.8 Å². The number of aryl methyl sites for hydroxylation is 2. The molecule has 3 rings (SSSR count). The summed E-state index contributed by atoms with van der Waals surface area (Å²) in [6.45, 7) is 5.85. The first kappa shape index (κ1) is 18.9. The van der Waals surface area contributed by atoms with E-state index in [2.05, 4.69) is 20.8 Å². The van der Waals surface area contributed by atoms with Gasteiger partial charge in [0, 0.05) is 11.8 Å². The van der Waals surface area contributed by atoms with Crippen LogP contribution in [-0.4, -0.2) is 38.5 Å². The van der Waals surface area contributed by atoms with Crippen molar-refractivity contribution < 1.29 is 9.53 Å². The second kappa shape index (κ2) is 8.22. The number of anilines is 1. The van der Waals surface area contributed by atoms with Crippen LogP contribution in [0.4, 0.5) is 5.69 Å². The fourth-order valence-electron chi connectivity index (χ4n) is 2.69. The number of methoxy groups -OCH3 is 1. The number of thioether (sulfide) groups is 1. The van der Waals surface area contributed by atoms with Gasteiger partial charge in [-0.25, -0.2) is 0 Å². The van der Waals surface area contributed by atoms with Crippen LogP contribution in [-0.2, 0) is 4.79 Å². The summed E-state index contributed by atoms with van der Waals surface area (Å²) in [5.41, 5.74) is 3.75. The largest absolute Gasteiger partial charge is 0.497 e. The Labute approximate surface area is 162 Å². The van der Waals surface area contributed by atoms with E-state index in [1.54, 1.807) is 17.9 Å². The van der Waals surface area contributed by atoms with Crippen LogP contribution in [0.25, 0.3) is 5.69 Å². The summed E-state index contributed by atoms with van der Waals surface area (Å²) < 4.78 is 6.87. The van der Waals surface area contributed by atoms with E-state index in [0.29, 0.717) is 16.6 Å². The molecule has 0 saturated heterocycles. The number of tetrazole rings is 1. The number of aromatic nitrogens is 4. The molecule has 0 saturated carbocycles. The molecule has 3 aromatic rings. The molecule has 1 amide bonds. The Hall–Kier alpha value is -2.87. The lowest BCUT2D eigenvalue weighted by molar-refractivity contribution is -0.115. The number of benzene rings is 2. The summed E-state index contributed by atoms with van der Waals surface area (Å²) >= 11 is 1.31. The quantitative estimate of drug-likeness (QED) is 0.657. The summed E-state index contributed by atoms with van der Waals surface area (Å²) in [5.74, 6) is 0.552. The summed E-state index contributed by atoms with van der Waals surface area (Å²) in [6, 6.07) is 13.3. The fraction of sp³-hybridized carbons (Fsp3) is 0.263. The van der Waals surface area contributed by atoms with Gasteiger partial charge in [0.2, 0.25) is 11.1 Å². The number of rotatable bonds is 6. The molecule has 0 bridgehead atoms. The molecule has 140 valence electrons. The summed E-state index contributed by atoms with van der Waals surface area (Å²) in [6.07, 6.45) is 0. The molecular weight excluding hydrogens is 362 g/mol. The molecule has 0 aliphatic carbocycles. The smallest absolute Gasteiger partial charge is 0.237 e. The molecular formula is C19H21N5O2S. The number of amides is 1. The zero-order valence-electron chi connectivity index (χ0n) is 15.6. The summed E-state index contributed by atoms with van der Waals surface area (Å²) in [4.78, 5) is 12.6. The molecule has 0 fully saturated rings. The first-order valence-corrected chi connectivity index (χ1v) is 9.34. The van der Waals surface area contributed by atoms with Crippen molar-refractivity contribution in [2.45, 2.75) is 31.2 Å². The highest BCUT2D eigenvalue weighted by molar-refractivity contribution is 8.00. The zero-order chi connectivity index (χ0) is 19.4. The number of carbonyl (C=O) groups is 1. The van der Waals surface area contributed by atoms with E-state index in [1.165, 1.54) is 11.8 Å². The Kier molecular flexibility index (Phi) is 5.75. The highest BCUT2D eigenvalue weighted by Crippen LogP contribution is 2.27. The number of nitrogens with zero attached hydrogens (tertiary/aromatic N) is 4. The van der Waals surface area contributed by atoms with Gasteiger partial charge in [-0.2, -0.15) is 4.68 Å². The van der Waals surface area contributed by atoms with Crippen LogP contribution in [0.1, 0.15) is 18.1 Å². The molecule has 1 aromatic heterocycles. The van der Waals surface area contributed by atoms with Crippen molar-refractivity contribution in [1.29, 1.82) is 0 Å². The molecule has 8 heteroatoms. The Morgan fingerprint density at radius 1 is 1.19 bits per heavy atom. The van der Waals surface area contributed by atoms with Gasteiger partial charge in [0.1, 0.15) is 5.75 Å². The van der Waals surface area contributed by atoms with E-state index in [-0.39, 0.29) is 11.2 Å². The number of nitrogens with one attached hydrogen (secondary N) is 1. The van der Waals surface area contributed by atoms with Crippen LogP contribution in [0.2, 0.25) is 0 Å². The number of hydrogen-bond acceptors (Lipinski definition) is 6. The second-order valence-electron chi connectivity index (χ2n) is 6.09. The molecule has 1 N–H and O–H groups in total. The van der Waals surface area contributed by atoms with Gasteiger partial charge in [-0.1, -0.05) is 36.0 Å². The predicted molar refractivity (Wildman–Crippen MR) is 106 cm³/mol. The van der Waals surface area contributed by atoms with Crippen molar-refractivity contribution in [2.75, 3.05) is 12.4 Å². The molecule has 0 radical (unpaired) electrons. The summed E-state index contributed by atoms with van der Waals surface area (Å²) in [5, 5.41) is 15.1. The van der Waals surface area contributed by atoms with Crippen molar-refractivity contribution in [3.05, 3.63) is 53.6 Å². The van der Waals surface area contributed by atoms with Gasteiger partial charge < -0.3 is 10.1 Å². The lowest BCUT2D eigenvalue weighted by atomic mass is 10.1. The molecule has 0 aliphatic heterocycles. The monoisotopic (exact) mass is 383 g/mol. The molecule has 0 unspecified atom stereocenters. The predicted octanol–water partition coefficient (Wildman–Crippen LogP) is 3.41. The minimum atomic E-state index is -0.384. The zero-order valence-corrected chi connectivity index (χ0v) is 16.4. The maximum absolute atomic E-state index is 12.6. The number of carbonyl (C=O) groups excluding carboxylic acids is 1. The normalized spacial score (nSPS) is 11.9. The van der Waals surface area contributed by atoms with Crippen LogP contribution in [0.5, 0.6) is 5.75 Å². The van der Waals surface area contributed by atoms with Crippen LogP contribution < -0.4 is 10.1 Å². The van der Waals surface area contributed by atoms with E-state index in [9.17, 15) is 4.79 Å². The Balaban J connectivity index is 1.76. The van der Waals surface area contributed by atoms with Crippen molar-refractivity contribution in [1.82, 2.24) is 20.2 Å². The molecule has 2 aromatic carbocycles. The fourth-order valence-corrected chi connectivity index (χ4v) is 3.48.